The topological polar surface area (TPSA) is 67.6 Å². The average Bonchev–Trinajstić information content (AvgIpc) is 2.17. The molecule has 0 amide bonds. The number of anilines is 1. The lowest BCUT2D eigenvalue weighted by Crippen LogP contribution is -1.98. The molecule has 0 saturated heterocycles. The lowest BCUT2D eigenvalue weighted by atomic mass is 10.5. The molecular formula is C6H8N4. The molecule has 1 heterocycles. The molecule has 0 atom stereocenters. The van der Waals surface area contributed by atoms with Gasteiger partial charge in [-0.1, -0.05) is 0 Å². The molecule has 0 saturated carbocycles. The number of nitriles is 1. The molecule has 2 N–H and O–H groups in total. The van der Waals surface area contributed by atoms with Crippen molar-refractivity contribution in [1.82, 2.24) is 9.55 Å². The fraction of sp³-hybridized carbons (Fsp3) is 0.333. The summed E-state index contributed by atoms with van der Waals surface area (Å²) in [6.07, 6.45) is 0. The SMILES string of the molecule is Cc1nc(C#N)c(N)n1C. The lowest BCUT2D eigenvalue weighted by molar-refractivity contribution is 0.868. The molecule has 0 bridgehead atoms. The molecule has 4 nitrogen and oxygen atoms in total. The van der Waals surface area contributed by atoms with Crippen LogP contribution in [0.25, 0.3) is 0 Å². The van der Waals surface area contributed by atoms with Crippen molar-refractivity contribution in [3.05, 3.63) is 11.5 Å². The lowest BCUT2D eigenvalue weighted by Gasteiger charge is -1.94. The van der Waals surface area contributed by atoms with Gasteiger partial charge in [0.25, 0.3) is 0 Å². The van der Waals surface area contributed by atoms with E-state index in [4.69, 9.17) is 11.0 Å². The number of nitrogens with two attached hydrogens (primary N) is 1. The first kappa shape index (κ1) is 6.62. The summed E-state index contributed by atoms with van der Waals surface area (Å²) in [6.45, 7) is 1.80. The van der Waals surface area contributed by atoms with E-state index in [1.165, 1.54) is 0 Å². The first-order chi connectivity index (χ1) is 4.66. The number of imidazole rings is 1. The summed E-state index contributed by atoms with van der Waals surface area (Å²) in [5.41, 5.74) is 5.80. The van der Waals surface area contributed by atoms with Crippen LogP contribution in [0.5, 0.6) is 0 Å². The second kappa shape index (κ2) is 2.03. The van der Waals surface area contributed by atoms with Crippen LogP contribution in [0.2, 0.25) is 0 Å². The Balaban J connectivity index is 3.34. The Labute approximate surface area is 58.9 Å². The van der Waals surface area contributed by atoms with Crippen LogP contribution in [0.4, 0.5) is 5.82 Å². The number of nitrogen functional groups attached to an aromatic ring is 1. The third-order valence-corrected chi connectivity index (χ3v) is 1.47. The number of aryl methyl sites for hydroxylation is 1. The Kier molecular flexibility index (Phi) is 1.34. The molecule has 1 aromatic heterocycles. The van der Waals surface area contributed by atoms with Crippen molar-refractivity contribution in [2.45, 2.75) is 6.92 Å². The van der Waals surface area contributed by atoms with E-state index < -0.39 is 0 Å². The first-order valence-corrected chi connectivity index (χ1v) is 2.85. The minimum absolute atomic E-state index is 0.306. The van der Waals surface area contributed by atoms with Crippen LogP contribution in [-0.4, -0.2) is 9.55 Å². The van der Waals surface area contributed by atoms with Crippen molar-refractivity contribution in [3.63, 3.8) is 0 Å². The Morgan fingerprint density at radius 2 is 2.30 bits per heavy atom. The van der Waals surface area contributed by atoms with Gasteiger partial charge < -0.3 is 10.3 Å². The third kappa shape index (κ3) is 0.722. The van der Waals surface area contributed by atoms with Crippen LogP contribution >= 0.6 is 0 Å². The van der Waals surface area contributed by atoms with Crippen LogP contribution in [0.1, 0.15) is 11.5 Å². The molecule has 1 rings (SSSR count). The highest BCUT2D eigenvalue weighted by molar-refractivity contribution is 5.45. The van der Waals surface area contributed by atoms with E-state index in [1.807, 2.05) is 6.07 Å². The normalized spacial score (nSPS) is 9.30. The predicted molar refractivity (Wildman–Crippen MR) is 37.1 cm³/mol. The van der Waals surface area contributed by atoms with Crippen molar-refractivity contribution >= 4 is 5.82 Å². The number of rotatable bonds is 0. The second-order valence-electron chi connectivity index (χ2n) is 2.06. The van der Waals surface area contributed by atoms with Crippen molar-refractivity contribution in [1.29, 1.82) is 5.26 Å². The zero-order chi connectivity index (χ0) is 7.72. The molecule has 0 unspecified atom stereocenters. The summed E-state index contributed by atoms with van der Waals surface area (Å²) >= 11 is 0. The number of hydrogen-bond donors (Lipinski definition) is 1. The highest BCUT2D eigenvalue weighted by Gasteiger charge is 2.06. The summed E-state index contributed by atoms with van der Waals surface area (Å²) in [5, 5.41) is 8.45. The summed E-state index contributed by atoms with van der Waals surface area (Å²) in [4.78, 5) is 3.91. The zero-order valence-corrected chi connectivity index (χ0v) is 5.92. The minimum Gasteiger partial charge on any atom is -0.383 e. The van der Waals surface area contributed by atoms with Gasteiger partial charge in [0, 0.05) is 7.05 Å². The summed E-state index contributed by atoms with van der Waals surface area (Å²) in [7, 11) is 1.78. The molecular weight excluding hydrogens is 128 g/mol. The highest BCUT2D eigenvalue weighted by atomic mass is 15.1. The molecule has 0 aliphatic rings. The summed E-state index contributed by atoms with van der Waals surface area (Å²) in [5.74, 6) is 1.19. The third-order valence-electron chi connectivity index (χ3n) is 1.47. The van der Waals surface area contributed by atoms with E-state index in [9.17, 15) is 0 Å². The molecule has 0 aromatic carbocycles. The Morgan fingerprint density at radius 1 is 1.70 bits per heavy atom. The van der Waals surface area contributed by atoms with Gasteiger partial charge in [0.1, 0.15) is 17.7 Å². The van der Waals surface area contributed by atoms with Crippen molar-refractivity contribution < 1.29 is 0 Å². The van der Waals surface area contributed by atoms with Gasteiger partial charge in [-0.2, -0.15) is 5.26 Å². The monoisotopic (exact) mass is 136 g/mol. The van der Waals surface area contributed by atoms with Gasteiger partial charge in [-0.25, -0.2) is 4.98 Å². The van der Waals surface area contributed by atoms with Crippen LogP contribution in [-0.2, 0) is 7.05 Å². The minimum atomic E-state index is 0.306. The van der Waals surface area contributed by atoms with E-state index in [-0.39, 0.29) is 0 Å². The van der Waals surface area contributed by atoms with Crippen LogP contribution in [0.3, 0.4) is 0 Å². The quantitative estimate of drug-likeness (QED) is 0.553. The van der Waals surface area contributed by atoms with Gasteiger partial charge >= 0.3 is 0 Å². The summed E-state index contributed by atoms with van der Waals surface area (Å²) in [6, 6.07) is 1.90. The van der Waals surface area contributed by atoms with Crippen molar-refractivity contribution in [2.24, 2.45) is 7.05 Å². The van der Waals surface area contributed by atoms with Crippen molar-refractivity contribution in [3.8, 4) is 6.07 Å². The maximum absolute atomic E-state index is 8.45. The van der Waals surface area contributed by atoms with E-state index >= 15 is 0 Å². The Hall–Kier alpha value is -1.50. The first-order valence-electron chi connectivity index (χ1n) is 2.85. The van der Waals surface area contributed by atoms with Crippen LogP contribution in [0, 0.1) is 18.3 Å². The Morgan fingerprint density at radius 3 is 2.50 bits per heavy atom. The predicted octanol–water partition coefficient (Wildman–Crippen LogP) is 0.182. The van der Waals surface area contributed by atoms with Crippen LogP contribution in [0.15, 0.2) is 0 Å². The molecule has 0 spiro atoms. The fourth-order valence-electron chi connectivity index (χ4n) is 0.710. The molecule has 52 valence electrons. The zero-order valence-electron chi connectivity index (χ0n) is 5.92. The Bertz CT molecular complexity index is 291. The molecule has 0 fully saturated rings. The standard InChI is InChI=1S/C6H8N4/c1-4-9-5(3-7)6(8)10(4)2/h8H2,1-2H3. The largest absolute Gasteiger partial charge is 0.383 e. The van der Waals surface area contributed by atoms with E-state index in [1.54, 1.807) is 18.5 Å². The van der Waals surface area contributed by atoms with Gasteiger partial charge in [-0.3, -0.25) is 0 Å². The van der Waals surface area contributed by atoms with Gasteiger partial charge in [0.05, 0.1) is 0 Å². The maximum atomic E-state index is 8.45. The number of hydrogen-bond acceptors (Lipinski definition) is 3. The van der Waals surface area contributed by atoms with Crippen LogP contribution < -0.4 is 5.73 Å². The molecule has 0 aliphatic heterocycles. The molecule has 0 aliphatic carbocycles. The summed E-state index contributed by atoms with van der Waals surface area (Å²) < 4.78 is 1.68. The molecule has 4 heteroatoms. The molecule has 1 aromatic rings. The highest BCUT2D eigenvalue weighted by Crippen LogP contribution is 2.09. The van der Waals surface area contributed by atoms with Gasteiger partial charge in [-0.15, -0.1) is 0 Å². The van der Waals surface area contributed by atoms with Crippen molar-refractivity contribution in [2.75, 3.05) is 5.73 Å². The van der Waals surface area contributed by atoms with Gasteiger partial charge in [-0.05, 0) is 6.92 Å². The second-order valence-corrected chi connectivity index (χ2v) is 2.06. The smallest absolute Gasteiger partial charge is 0.182 e. The maximum Gasteiger partial charge on any atom is 0.182 e. The van der Waals surface area contributed by atoms with E-state index in [2.05, 4.69) is 4.98 Å². The average molecular weight is 136 g/mol. The van der Waals surface area contributed by atoms with E-state index in [0.29, 0.717) is 11.5 Å². The molecule has 0 radical (unpaired) electrons. The van der Waals surface area contributed by atoms with E-state index in [0.717, 1.165) is 5.82 Å². The molecule has 10 heavy (non-hydrogen) atoms. The fourth-order valence-corrected chi connectivity index (χ4v) is 0.710. The van der Waals surface area contributed by atoms with Gasteiger partial charge in [0.15, 0.2) is 5.69 Å². The number of aromatic nitrogens is 2. The van der Waals surface area contributed by atoms with Gasteiger partial charge in [0.2, 0.25) is 0 Å². The number of nitrogens with zero attached hydrogens (tertiary/aromatic N) is 3.